The first-order chi connectivity index (χ1) is 44.9. The number of ketones is 1. The van der Waals surface area contributed by atoms with Gasteiger partial charge in [-0.2, -0.15) is 0 Å². The number of aromatic nitrogens is 1. The molecule has 5 spiro atoms. The van der Waals surface area contributed by atoms with Gasteiger partial charge in [-0.15, -0.1) is 0 Å². The van der Waals surface area contributed by atoms with Crippen molar-refractivity contribution in [3.8, 4) is 5.75 Å². The summed E-state index contributed by atoms with van der Waals surface area (Å²) in [7, 11) is 4.27. The Balaban J connectivity index is 0.922. The molecule has 508 valence electrons. The number of phenolic OH excluding ortho intramolecular Hbond substituents is 1. The number of hydrogen-bond acceptors (Lipinski definition) is 16. The molecule has 9 fully saturated rings. The van der Waals surface area contributed by atoms with Gasteiger partial charge in [-0.3, -0.25) is 9.59 Å². The first kappa shape index (κ1) is 63.8. The summed E-state index contributed by atoms with van der Waals surface area (Å²) >= 11 is 0. The maximum Gasteiger partial charge on any atom is 0.234 e. The Labute approximate surface area is 560 Å². The molecule has 2 aromatic carbocycles. The fraction of sp³-hybridized carbons (Fsp3) is 0.711. The largest absolute Gasteiger partial charge is 0.508 e. The van der Waals surface area contributed by atoms with Crippen molar-refractivity contribution in [3.63, 3.8) is 0 Å². The van der Waals surface area contributed by atoms with Gasteiger partial charge in [-0.05, 0) is 190 Å². The van der Waals surface area contributed by atoms with Crippen LogP contribution in [0.1, 0.15) is 154 Å². The quantitative estimate of drug-likeness (QED) is 0.0627. The number of carbonyl (C=O) groups excluding carboxylic acids is 2. The van der Waals surface area contributed by atoms with Gasteiger partial charge in [-0.1, -0.05) is 105 Å². The highest BCUT2D eigenvalue weighted by molar-refractivity contribution is 8.76. The molecular formula is C76H99N3O13S2. The summed E-state index contributed by atoms with van der Waals surface area (Å²) in [4.78, 5) is 35.8. The summed E-state index contributed by atoms with van der Waals surface area (Å²) in [6.07, 6.45) is 19.4. The van der Waals surface area contributed by atoms with Gasteiger partial charge in [0.05, 0.1) is 41.3 Å². The van der Waals surface area contributed by atoms with E-state index in [1.165, 1.54) is 10.8 Å². The number of fused-ring (bicyclic) bond motifs is 9. The van der Waals surface area contributed by atoms with Gasteiger partial charge in [0, 0.05) is 102 Å². The Morgan fingerprint density at radius 3 is 2.48 bits per heavy atom. The van der Waals surface area contributed by atoms with E-state index in [-0.39, 0.29) is 97.4 Å². The summed E-state index contributed by atoms with van der Waals surface area (Å²) in [5, 5.41) is 127. The number of allylic oxidation sites excluding steroid dienone is 3. The summed E-state index contributed by atoms with van der Waals surface area (Å²) in [5.74, 6) is -2.72. The number of methoxy groups -OCH3 is 1. The number of epoxide rings is 1. The SMILES string of the molecule is COC1CC2C3C=C1c1cccc4cn(cc14)C1(O)CC45C(=O)C=C6C(CC7C=CCC(O)(C8OC8C(C)C(C)C)C8CCC6(O)C78CCc6cc(O)cc(c6)N6CC7(CCC(C(C3)NC23CCCC3)C7O)C2(C6=O)C(CO)CCCC2CSSC4O)C5(C)CC1(O)CO. The third-order valence-electron chi connectivity index (χ3n) is 30.4. The predicted octanol–water partition coefficient (Wildman–Crippen LogP) is 9.09. The summed E-state index contributed by atoms with van der Waals surface area (Å²) in [6, 6.07) is 11.3. The molecule has 7 aliphatic heterocycles. The predicted molar refractivity (Wildman–Crippen MR) is 360 cm³/mol. The molecule has 16 bridgehead atoms. The van der Waals surface area contributed by atoms with Crippen LogP contribution in [-0.2, 0) is 31.2 Å². The smallest absolute Gasteiger partial charge is 0.234 e. The van der Waals surface area contributed by atoms with Crippen molar-refractivity contribution >= 4 is 55.3 Å². The van der Waals surface area contributed by atoms with E-state index in [9.17, 15) is 46.0 Å². The number of nitrogens with zero attached hydrogens (tertiary/aromatic N) is 2. The van der Waals surface area contributed by atoms with Crippen LogP contribution < -0.4 is 10.2 Å². The number of aromatic hydroxyl groups is 1. The molecule has 19 rings (SSSR count). The van der Waals surface area contributed by atoms with Gasteiger partial charge in [-0.25, -0.2) is 0 Å². The molecule has 24 atom stereocenters. The number of rotatable bonds is 6. The number of ether oxygens (including phenoxy) is 2. The average molecular weight is 1330 g/mol. The second-order valence-electron chi connectivity index (χ2n) is 33.7. The lowest BCUT2D eigenvalue weighted by Gasteiger charge is -2.69. The fourth-order valence-electron chi connectivity index (χ4n) is 25.8. The molecule has 16 nitrogen and oxygen atoms in total. The summed E-state index contributed by atoms with van der Waals surface area (Å²) < 4.78 is 14.8. The van der Waals surface area contributed by atoms with E-state index >= 15 is 9.59 Å². The van der Waals surface area contributed by atoms with Crippen molar-refractivity contribution in [1.82, 2.24) is 9.88 Å². The Morgan fingerprint density at radius 1 is 0.904 bits per heavy atom. The van der Waals surface area contributed by atoms with Crippen LogP contribution in [0.3, 0.4) is 0 Å². The minimum absolute atomic E-state index is 0.0346. The second-order valence-corrected chi connectivity index (χ2v) is 36.2. The maximum absolute atomic E-state index is 17.0. The van der Waals surface area contributed by atoms with Crippen LogP contribution in [0, 0.1) is 86.3 Å². The fourth-order valence-corrected chi connectivity index (χ4v) is 28.8. The Morgan fingerprint density at radius 2 is 1.71 bits per heavy atom. The van der Waals surface area contributed by atoms with Crippen LogP contribution in [0.25, 0.3) is 16.3 Å². The van der Waals surface area contributed by atoms with Crippen LogP contribution in [0.15, 0.2) is 78.7 Å². The summed E-state index contributed by atoms with van der Waals surface area (Å²) in [5.41, 5.74) is -13.1. The Bertz CT molecular complexity index is 3720. The molecule has 1 aromatic heterocycles. The molecule has 18 heteroatoms. The van der Waals surface area contributed by atoms with Crippen molar-refractivity contribution in [3.05, 3.63) is 89.8 Å². The number of aliphatic hydroxyl groups is 8. The number of piperidine rings is 1. The van der Waals surface area contributed by atoms with E-state index in [1.807, 2.05) is 36.2 Å². The van der Waals surface area contributed by atoms with Crippen LogP contribution in [0.2, 0.25) is 0 Å². The Hall–Kier alpha value is -3.60. The third-order valence-corrected chi connectivity index (χ3v) is 33.0. The zero-order valence-corrected chi connectivity index (χ0v) is 56.9. The van der Waals surface area contributed by atoms with E-state index in [4.69, 9.17) is 9.47 Å². The molecule has 6 saturated carbocycles. The highest BCUT2D eigenvalue weighted by Gasteiger charge is 2.81. The van der Waals surface area contributed by atoms with Crippen LogP contribution >= 0.6 is 21.6 Å². The molecular weight excluding hydrogens is 1230 g/mol. The summed E-state index contributed by atoms with van der Waals surface area (Å²) in [6.45, 7) is 7.38. The van der Waals surface area contributed by atoms with E-state index in [1.54, 1.807) is 36.1 Å². The van der Waals surface area contributed by atoms with Crippen LogP contribution in [0.5, 0.6) is 5.75 Å². The minimum atomic E-state index is -2.43. The van der Waals surface area contributed by atoms with Crippen LogP contribution in [0.4, 0.5) is 5.69 Å². The normalized spacial score (nSPS) is 48.2. The van der Waals surface area contributed by atoms with Crippen molar-refractivity contribution < 1.29 is 65.0 Å². The van der Waals surface area contributed by atoms with Crippen molar-refractivity contribution in [2.75, 3.05) is 37.5 Å². The van der Waals surface area contributed by atoms with Gasteiger partial charge in [0.25, 0.3) is 0 Å². The Kier molecular flexibility index (Phi) is 14.6. The molecule has 24 unspecified atom stereocenters. The lowest BCUT2D eigenvalue weighted by molar-refractivity contribution is -0.302. The first-order valence-electron chi connectivity index (χ1n) is 36.0. The number of anilines is 1. The van der Waals surface area contributed by atoms with Crippen molar-refractivity contribution in [1.29, 1.82) is 0 Å². The number of aliphatic hydroxyl groups excluding tert-OH is 4. The number of carbonyl (C=O) groups is 2. The topological polar surface area (TPSA) is 258 Å². The van der Waals surface area contributed by atoms with E-state index in [0.717, 1.165) is 76.8 Å². The number of amides is 1. The molecule has 10 N–H and O–H groups in total. The molecule has 16 aliphatic rings. The molecule has 9 aliphatic carbocycles. The lowest BCUT2D eigenvalue weighted by atomic mass is 9.37. The van der Waals surface area contributed by atoms with Crippen molar-refractivity contribution in [2.24, 2.45) is 86.3 Å². The van der Waals surface area contributed by atoms with Gasteiger partial charge < -0.3 is 70.2 Å². The lowest BCUT2D eigenvalue weighted by Crippen LogP contribution is -2.75. The molecule has 3 aromatic rings. The molecule has 0 radical (unpaired) electrons. The third kappa shape index (κ3) is 7.95. The number of benzene rings is 2. The number of aryl methyl sites for hydroxylation is 1. The van der Waals surface area contributed by atoms with Gasteiger partial charge in [0.2, 0.25) is 5.91 Å². The van der Waals surface area contributed by atoms with Gasteiger partial charge >= 0.3 is 0 Å². The zero-order valence-electron chi connectivity index (χ0n) is 55.3. The number of hydrogen-bond donors (Lipinski definition) is 10. The van der Waals surface area contributed by atoms with Gasteiger partial charge in [0.15, 0.2) is 11.5 Å². The van der Waals surface area contributed by atoms with E-state index in [2.05, 4.69) is 50.4 Å². The molecule has 1 amide bonds. The zero-order chi connectivity index (χ0) is 65.5. The first-order valence-corrected chi connectivity index (χ1v) is 38.4. The van der Waals surface area contributed by atoms with Crippen molar-refractivity contribution in [2.45, 2.75) is 214 Å². The van der Waals surface area contributed by atoms with E-state index < -0.39 is 116 Å². The highest BCUT2D eigenvalue weighted by atomic mass is 33.1. The number of phenols is 1. The average Bonchev–Trinajstić information content (AvgIpc) is 1.08. The standard InChI is InChI=1S/C76H99N3O13S2/c1-41(2)42(3)62-64(92-62)73(88)21-10-14-46-29-56-57-32-61(83)72-38-75(90,70(87,40-81)37-67(56,72)4)78-33-44-11-8-15-51(54(44)34-78)53-27-45-28-58(77-69(19-6-7-20-69)55(45)31-59(53)91-5)52-17-22-68(63(52)84)39-79(65(85)76(68)47(35-80)12-9-13-48(76)36-93-94-66(72)86)49-25-43(26-50(82)30-49)16-23-71(46)60(73)18-24-74(57,71)89/h8,10-11,14-15,25-27,30,32-34,41-42,45-48,52,55-56,58-60,62-64,66,77,80-82,84,86-90H,6-7,9,12-13,16-24,28-29,31,35-40H2,1-5H3. The van der Waals surface area contributed by atoms with E-state index in [0.29, 0.717) is 74.8 Å². The molecule has 3 saturated heterocycles. The van der Waals surface area contributed by atoms with Crippen LogP contribution in [-0.4, -0.2) is 153 Å². The highest BCUT2D eigenvalue weighted by Crippen LogP contribution is 2.78. The second kappa shape index (κ2) is 21.5. The minimum Gasteiger partial charge on any atom is -0.508 e. The maximum atomic E-state index is 17.0. The molecule has 8 heterocycles. The molecule has 94 heavy (non-hydrogen) atoms. The van der Waals surface area contributed by atoms with Gasteiger partial charge in [0.1, 0.15) is 28.5 Å². The monoisotopic (exact) mass is 1330 g/mol. The number of nitrogens with one attached hydrogen (secondary N) is 1.